The van der Waals surface area contributed by atoms with Gasteiger partial charge in [-0.2, -0.15) is 0 Å². The lowest BCUT2D eigenvalue weighted by molar-refractivity contribution is -0.297. The van der Waals surface area contributed by atoms with Crippen molar-refractivity contribution in [1.82, 2.24) is 0 Å². The van der Waals surface area contributed by atoms with E-state index in [1.54, 1.807) is 0 Å². The Morgan fingerprint density at radius 3 is 2.20 bits per heavy atom. The number of ether oxygens (including phenoxy) is 2. The summed E-state index contributed by atoms with van der Waals surface area (Å²) >= 11 is 0. The van der Waals surface area contributed by atoms with Crippen molar-refractivity contribution in [3.05, 3.63) is 11.6 Å². The Balaban J connectivity index is 1.36. The van der Waals surface area contributed by atoms with E-state index < -0.39 is 60.9 Å². The second kappa shape index (κ2) is 10.7. The SMILES string of the molecule is CC1(C)CCC2(C(=O)OC3OC(CO)C(O)C(O)C3O)CCC3(C)C(=CCC4C5(C)CC(O)C(O)C(C)(C)C5CCC43C)C2C1. The van der Waals surface area contributed by atoms with Crippen molar-refractivity contribution in [2.45, 2.75) is 149 Å². The number of allylic oxidation sites excluding steroid dienone is 2. The van der Waals surface area contributed by atoms with E-state index in [1.165, 1.54) is 5.57 Å². The lowest BCUT2D eigenvalue weighted by Crippen LogP contribution is -2.67. The van der Waals surface area contributed by atoms with Crippen LogP contribution in [0.5, 0.6) is 0 Å². The Kier molecular flexibility index (Phi) is 8.05. The standard InChI is InChI=1S/C36H58O9/c1-31(2)12-14-36(30(43)45-29-27(41)26(40)25(39)22(18-37)44-29)15-13-34(6)19(20(36)16-31)8-9-24-33(5)17-21(38)28(42)32(3,4)23(33)10-11-35(24,34)7/h8,20-29,37-42H,9-18H2,1-7H3. The van der Waals surface area contributed by atoms with Crippen molar-refractivity contribution >= 4 is 5.97 Å². The summed E-state index contributed by atoms with van der Waals surface area (Å²) in [5, 5.41) is 63.2. The molecule has 4 saturated carbocycles. The van der Waals surface area contributed by atoms with Crippen LogP contribution in [0, 0.1) is 50.2 Å². The van der Waals surface area contributed by atoms with E-state index in [2.05, 4.69) is 54.5 Å². The summed E-state index contributed by atoms with van der Waals surface area (Å²) in [7, 11) is 0. The molecular formula is C36H58O9. The summed E-state index contributed by atoms with van der Waals surface area (Å²) in [6.07, 6.45) is 0.778. The molecule has 0 aromatic heterocycles. The summed E-state index contributed by atoms with van der Waals surface area (Å²) < 4.78 is 11.5. The first kappa shape index (κ1) is 33.8. The van der Waals surface area contributed by atoms with E-state index in [1.807, 2.05) is 0 Å². The van der Waals surface area contributed by atoms with E-state index in [4.69, 9.17) is 9.47 Å². The smallest absolute Gasteiger partial charge is 0.315 e. The van der Waals surface area contributed by atoms with E-state index in [-0.39, 0.29) is 33.0 Å². The van der Waals surface area contributed by atoms with Crippen molar-refractivity contribution < 1.29 is 44.9 Å². The van der Waals surface area contributed by atoms with E-state index in [0.29, 0.717) is 31.1 Å². The Hall–Kier alpha value is -1.07. The summed E-state index contributed by atoms with van der Waals surface area (Å²) in [4.78, 5) is 14.4. The molecule has 9 heteroatoms. The largest absolute Gasteiger partial charge is 0.432 e. The van der Waals surface area contributed by atoms with Crippen LogP contribution in [0.1, 0.15) is 106 Å². The number of fused-ring (bicyclic) bond motifs is 7. The van der Waals surface area contributed by atoms with Gasteiger partial charge in [-0.1, -0.05) is 60.1 Å². The van der Waals surface area contributed by atoms with Crippen LogP contribution in [0.2, 0.25) is 0 Å². The maximum absolute atomic E-state index is 14.4. The molecule has 1 saturated heterocycles. The van der Waals surface area contributed by atoms with E-state index in [9.17, 15) is 35.4 Å². The molecule has 14 unspecified atom stereocenters. The van der Waals surface area contributed by atoms with Gasteiger partial charge in [0.2, 0.25) is 6.29 Å². The number of aliphatic hydroxyl groups excluding tert-OH is 6. The minimum Gasteiger partial charge on any atom is -0.432 e. The molecule has 5 aliphatic carbocycles. The number of carbonyl (C=O) groups is 1. The topological polar surface area (TPSA) is 157 Å². The fourth-order valence-electron chi connectivity index (χ4n) is 12.1. The molecule has 256 valence electrons. The molecule has 6 rings (SSSR count). The molecule has 0 aromatic carbocycles. The van der Waals surface area contributed by atoms with Crippen LogP contribution in [0.3, 0.4) is 0 Å². The lowest BCUT2D eigenvalue weighted by Gasteiger charge is -2.71. The molecule has 45 heavy (non-hydrogen) atoms. The Bertz CT molecular complexity index is 1210. The van der Waals surface area contributed by atoms with E-state index in [0.717, 1.165) is 38.5 Å². The fourth-order valence-corrected chi connectivity index (χ4v) is 12.1. The number of hydrogen-bond acceptors (Lipinski definition) is 9. The highest BCUT2D eigenvalue weighted by Crippen LogP contribution is 2.75. The zero-order chi connectivity index (χ0) is 33.1. The van der Waals surface area contributed by atoms with Crippen molar-refractivity contribution in [3.63, 3.8) is 0 Å². The first-order valence-electron chi connectivity index (χ1n) is 17.4. The van der Waals surface area contributed by atoms with Gasteiger partial charge in [0.25, 0.3) is 0 Å². The highest BCUT2D eigenvalue weighted by Gasteiger charge is 2.70. The molecule has 5 fully saturated rings. The predicted octanol–water partition coefficient (Wildman–Crippen LogP) is 3.46. The van der Waals surface area contributed by atoms with Crippen molar-refractivity contribution in [2.75, 3.05) is 6.61 Å². The summed E-state index contributed by atoms with van der Waals surface area (Å²) in [5.74, 6) is 0.120. The number of carbonyl (C=O) groups excluding carboxylic acids is 1. The average molecular weight is 635 g/mol. The Morgan fingerprint density at radius 2 is 1.53 bits per heavy atom. The molecule has 14 atom stereocenters. The average Bonchev–Trinajstić information content (AvgIpc) is 2.96. The quantitative estimate of drug-likeness (QED) is 0.202. The maximum Gasteiger partial charge on any atom is 0.315 e. The van der Waals surface area contributed by atoms with Crippen LogP contribution in [0.25, 0.3) is 0 Å². The van der Waals surface area contributed by atoms with Gasteiger partial charge in [0, 0.05) is 0 Å². The second-order valence-corrected chi connectivity index (χ2v) is 18.0. The third kappa shape index (κ3) is 4.61. The molecule has 0 spiro atoms. The van der Waals surface area contributed by atoms with Crippen LogP contribution in [0.15, 0.2) is 11.6 Å². The third-order valence-corrected chi connectivity index (χ3v) is 15.1. The summed E-state index contributed by atoms with van der Waals surface area (Å²) in [6.45, 7) is 15.4. The van der Waals surface area contributed by atoms with Gasteiger partial charge in [0.1, 0.15) is 24.4 Å². The van der Waals surface area contributed by atoms with Gasteiger partial charge in [0.15, 0.2) is 0 Å². The molecule has 0 bridgehead atoms. The van der Waals surface area contributed by atoms with Crippen molar-refractivity contribution in [2.24, 2.45) is 50.2 Å². The van der Waals surface area contributed by atoms with Gasteiger partial charge in [0.05, 0.1) is 24.2 Å². The fraction of sp³-hybridized carbons (Fsp3) is 0.917. The zero-order valence-corrected chi connectivity index (χ0v) is 28.3. The minimum atomic E-state index is -1.63. The van der Waals surface area contributed by atoms with E-state index >= 15 is 0 Å². The van der Waals surface area contributed by atoms with Crippen LogP contribution in [-0.2, 0) is 14.3 Å². The minimum absolute atomic E-state index is 0.0196. The first-order chi connectivity index (χ1) is 20.8. The van der Waals surface area contributed by atoms with Gasteiger partial charge in [-0.25, -0.2) is 0 Å². The highest BCUT2D eigenvalue weighted by atomic mass is 16.7. The number of hydrogen-bond donors (Lipinski definition) is 6. The van der Waals surface area contributed by atoms with Gasteiger partial charge in [-0.05, 0) is 103 Å². The Morgan fingerprint density at radius 1 is 0.867 bits per heavy atom. The predicted molar refractivity (Wildman–Crippen MR) is 166 cm³/mol. The molecule has 0 aromatic rings. The molecule has 6 N–H and O–H groups in total. The Labute approximate surface area is 268 Å². The van der Waals surface area contributed by atoms with Crippen LogP contribution < -0.4 is 0 Å². The molecule has 1 heterocycles. The van der Waals surface area contributed by atoms with Gasteiger partial charge < -0.3 is 40.1 Å². The van der Waals surface area contributed by atoms with Gasteiger partial charge in [-0.3, -0.25) is 4.79 Å². The van der Waals surface area contributed by atoms with Crippen molar-refractivity contribution in [3.8, 4) is 0 Å². The first-order valence-corrected chi connectivity index (χ1v) is 17.4. The van der Waals surface area contributed by atoms with Crippen LogP contribution in [0.4, 0.5) is 0 Å². The number of esters is 1. The third-order valence-electron chi connectivity index (χ3n) is 15.1. The summed E-state index contributed by atoms with van der Waals surface area (Å²) in [5.41, 5.74) is -0.202. The normalized spacial score (nSPS) is 53.6. The molecule has 9 nitrogen and oxygen atoms in total. The van der Waals surface area contributed by atoms with Gasteiger partial charge in [-0.15, -0.1) is 0 Å². The number of aliphatic hydroxyl groups is 6. The molecule has 0 radical (unpaired) electrons. The number of rotatable bonds is 3. The molecule has 6 aliphatic rings. The highest BCUT2D eigenvalue weighted by molar-refractivity contribution is 5.79. The van der Waals surface area contributed by atoms with Crippen LogP contribution >= 0.6 is 0 Å². The molecular weight excluding hydrogens is 576 g/mol. The van der Waals surface area contributed by atoms with Gasteiger partial charge >= 0.3 is 5.97 Å². The van der Waals surface area contributed by atoms with Crippen molar-refractivity contribution in [1.29, 1.82) is 0 Å². The maximum atomic E-state index is 14.4. The molecule has 1 aliphatic heterocycles. The lowest BCUT2D eigenvalue weighted by atomic mass is 9.33. The van der Waals surface area contributed by atoms with Crippen LogP contribution in [-0.4, -0.2) is 86.1 Å². The summed E-state index contributed by atoms with van der Waals surface area (Å²) in [6, 6.07) is 0. The zero-order valence-electron chi connectivity index (χ0n) is 28.3. The molecule has 0 amide bonds. The monoisotopic (exact) mass is 634 g/mol. The second-order valence-electron chi connectivity index (χ2n) is 18.0.